The van der Waals surface area contributed by atoms with Crippen LogP contribution in [0.25, 0.3) is 0 Å². The molecule has 0 aliphatic heterocycles. The molecule has 0 fully saturated rings. The van der Waals surface area contributed by atoms with E-state index in [-0.39, 0.29) is 0 Å². The van der Waals surface area contributed by atoms with E-state index < -0.39 is 0 Å². The Morgan fingerprint density at radius 3 is 3.00 bits per heavy atom. The molecule has 0 bridgehead atoms. The van der Waals surface area contributed by atoms with E-state index in [1.54, 1.807) is 23.6 Å². The van der Waals surface area contributed by atoms with Crippen LogP contribution < -0.4 is 0 Å². The second-order valence-corrected chi connectivity index (χ2v) is 4.21. The summed E-state index contributed by atoms with van der Waals surface area (Å²) in [6, 6.07) is 5.63. The summed E-state index contributed by atoms with van der Waals surface area (Å²) in [5.74, 6) is 0.353. The number of phenolic OH excluding ortho intramolecular Hbond substituents is 1. The average Bonchev–Trinajstić information content (AvgIpc) is 2.64. The van der Waals surface area contributed by atoms with Crippen LogP contribution in [0.2, 0.25) is 0 Å². The molecule has 3 heteroatoms. The van der Waals surface area contributed by atoms with Gasteiger partial charge in [-0.25, -0.2) is 4.98 Å². The molecule has 0 unspecified atom stereocenters. The molecule has 14 heavy (non-hydrogen) atoms. The van der Waals surface area contributed by atoms with Gasteiger partial charge in [-0.1, -0.05) is 17.7 Å². The van der Waals surface area contributed by atoms with Gasteiger partial charge in [0.15, 0.2) is 0 Å². The van der Waals surface area contributed by atoms with Crippen molar-refractivity contribution in [2.24, 2.45) is 0 Å². The molecule has 2 nitrogen and oxygen atoms in total. The Morgan fingerprint density at radius 1 is 1.43 bits per heavy atom. The lowest BCUT2D eigenvalue weighted by molar-refractivity contribution is 0.469. The quantitative estimate of drug-likeness (QED) is 0.817. The molecular formula is C11H11NOS. The van der Waals surface area contributed by atoms with Crippen LogP contribution in [0, 0.1) is 6.92 Å². The molecule has 0 atom stereocenters. The summed E-state index contributed by atoms with van der Waals surface area (Å²) >= 11 is 1.61. The van der Waals surface area contributed by atoms with E-state index >= 15 is 0 Å². The Kier molecular flexibility index (Phi) is 2.50. The second kappa shape index (κ2) is 3.80. The minimum absolute atomic E-state index is 0.353. The maximum atomic E-state index is 9.61. The fourth-order valence-electron chi connectivity index (χ4n) is 1.36. The van der Waals surface area contributed by atoms with Gasteiger partial charge in [-0.3, -0.25) is 0 Å². The van der Waals surface area contributed by atoms with Gasteiger partial charge in [0.25, 0.3) is 0 Å². The van der Waals surface area contributed by atoms with E-state index in [1.165, 1.54) is 0 Å². The van der Waals surface area contributed by atoms with Crippen LogP contribution in [0.5, 0.6) is 5.75 Å². The van der Waals surface area contributed by atoms with E-state index in [1.807, 2.05) is 24.4 Å². The first-order valence-corrected chi connectivity index (χ1v) is 5.30. The number of benzene rings is 1. The third kappa shape index (κ3) is 1.93. The number of aromatic nitrogens is 1. The van der Waals surface area contributed by atoms with E-state index in [2.05, 4.69) is 4.98 Å². The predicted octanol–water partition coefficient (Wildman–Crippen LogP) is 2.75. The maximum Gasteiger partial charge on any atom is 0.119 e. The first-order chi connectivity index (χ1) is 6.75. The highest BCUT2D eigenvalue weighted by Gasteiger charge is 2.04. The number of phenols is 1. The number of aryl methyl sites for hydroxylation is 1. The molecule has 1 N–H and O–H groups in total. The number of hydrogen-bond acceptors (Lipinski definition) is 3. The minimum atomic E-state index is 0.353. The zero-order valence-corrected chi connectivity index (χ0v) is 8.71. The van der Waals surface area contributed by atoms with E-state index in [9.17, 15) is 5.11 Å². The van der Waals surface area contributed by atoms with Gasteiger partial charge >= 0.3 is 0 Å². The van der Waals surface area contributed by atoms with E-state index in [4.69, 9.17) is 0 Å². The van der Waals surface area contributed by atoms with Gasteiger partial charge in [-0.05, 0) is 13.0 Å². The molecule has 0 saturated heterocycles. The van der Waals surface area contributed by atoms with Crippen LogP contribution >= 0.6 is 11.3 Å². The van der Waals surface area contributed by atoms with Gasteiger partial charge in [0.2, 0.25) is 0 Å². The maximum absolute atomic E-state index is 9.61. The summed E-state index contributed by atoms with van der Waals surface area (Å²) in [5.41, 5.74) is 2.11. The molecule has 0 aliphatic rings. The van der Waals surface area contributed by atoms with Crippen LogP contribution in [0.4, 0.5) is 0 Å². The van der Waals surface area contributed by atoms with Gasteiger partial charge in [-0.2, -0.15) is 0 Å². The Balaban J connectivity index is 2.28. The number of thiazole rings is 1. The molecule has 0 amide bonds. The molecule has 0 saturated carbocycles. The Bertz CT molecular complexity index is 423. The molecule has 0 radical (unpaired) electrons. The van der Waals surface area contributed by atoms with Crippen molar-refractivity contribution < 1.29 is 5.11 Å². The van der Waals surface area contributed by atoms with Crippen molar-refractivity contribution in [3.05, 3.63) is 45.9 Å². The first kappa shape index (κ1) is 9.21. The molecule has 2 rings (SSSR count). The summed E-state index contributed by atoms with van der Waals surface area (Å²) in [6.07, 6.45) is 2.50. The fraction of sp³-hybridized carbons (Fsp3) is 0.182. The van der Waals surface area contributed by atoms with Crippen molar-refractivity contribution >= 4 is 11.3 Å². The summed E-state index contributed by atoms with van der Waals surface area (Å²) in [4.78, 5) is 4.19. The number of aromatic hydroxyl groups is 1. The SMILES string of the molecule is Cc1ccc(O)c(Cc2nccs2)c1. The third-order valence-electron chi connectivity index (χ3n) is 2.06. The lowest BCUT2D eigenvalue weighted by Crippen LogP contribution is -1.88. The molecule has 0 spiro atoms. The number of rotatable bonds is 2. The lowest BCUT2D eigenvalue weighted by Gasteiger charge is -2.03. The van der Waals surface area contributed by atoms with Crippen molar-refractivity contribution in [1.29, 1.82) is 0 Å². The standard InChI is InChI=1S/C11H11NOS/c1-8-2-3-10(13)9(6-8)7-11-12-4-5-14-11/h2-6,13H,7H2,1H3. The van der Waals surface area contributed by atoms with Crippen LogP contribution in [0.1, 0.15) is 16.1 Å². The van der Waals surface area contributed by atoms with E-state index in [0.717, 1.165) is 16.1 Å². The molecule has 1 aromatic carbocycles. The highest BCUT2D eigenvalue weighted by atomic mass is 32.1. The smallest absolute Gasteiger partial charge is 0.119 e. The Labute approximate surface area is 86.9 Å². The highest BCUT2D eigenvalue weighted by Crippen LogP contribution is 2.22. The van der Waals surface area contributed by atoms with Crippen molar-refractivity contribution in [3.63, 3.8) is 0 Å². The van der Waals surface area contributed by atoms with Crippen LogP contribution in [0.15, 0.2) is 29.8 Å². The van der Waals surface area contributed by atoms with Crippen molar-refractivity contribution in [2.45, 2.75) is 13.3 Å². The minimum Gasteiger partial charge on any atom is -0.508 e. The molecular weight excluding hydrogens is 194 g/mol. The van der Waals surface area contributed by atoms with Gasteiger partial charge in [0, 0.05) is 23.6 Å². The van der Waals surface area contributed by atoms with Crippen LogP contribution in [-0.4, -0.2) is 10.1 Å². The average molecular weight is 205 g/mol. The molecule has 1 heterocycles. The lowest BCUT2D eigenvalue weighted by atomic mass is 10.1. The number of hydrogen-bond donors (Lipinski definition) is 1. The van der Waals surface area contributed by atoms with Gasteiger partial charge < -0.3 is 5.11 Å². The van der Waals surface area contributed by atoms with Crippen molar-refractivity contribution in [1.82, 2.24) is 4.98 Å². The number of nitrogens with zero attached hydrogens (tertiary/aromatic N) is 1. The topological polar surface area (TPSA) is 33.1 Å². The normalized spacial score (nSPS) is 10.4. The zero-order valence-electron chi connectivity index (χ0n) is 7.90. The van der Waals surface area contributed by atoms with Crippen LogP contribution in [-0.2, 0) is 6.42 Å². The highest BCUT2D eigenvalue weighted by molar-refractivity contribution is 7.09. The fourth-order valence-corrected chi connectivity index (χ4v) is 2.00. The zero-order chi connectivity index (χ0) is 9.97. The molecule has 2 aromatic rings. The molecule has 1 aromatic heterocycles. The van der Waals surface area contributed by atoms with Gasteiger partial charge in [-0.15, -0.1) is 11.3 Å². The van der Waals surface area contributed by atoms with Gasteiger partial charge in [0.1, 0.15) is 5.75 Å². The Morgan fingerprint density at radius 2 is 2.29 bits per heavy atom. The predicted molar refractivity (Wildman–Crippen MR) is 57.8 cm³/mol. The van der Waals surface area contributed by atoms with Crippen LogP contribution in [0.3, 0.4) is 0 Å². The van der Waals surface area contributed by atoms with Crippen molar-refractivity contribution in [2.75, 3.05) is 0 Å². The summed E-state index contributed by atoms with van der Waals surface area (Å²) in [6.45, 7) is 2.02. The van der Waals surface area contributed by atoms with Crippen molar-refractivity contribution in [3.8, 4) is 5.75 Å². The summed E-state index contributed by atoms with van der Waals surface area (Å²) < 4.78 is 0. The van der Waals surface area contributed by atoms with E-state index in [0.29, 0.717) is 12.2 Å². The molecule has 0 aliphatic carbocycles. The monoisotopic (exact) mass is 205 g/mol. The van der Waals surface area contributed by atoms with Gasteiger partial charge in [0.05, 0.1) is 5.01 Å². The first-order valence-electron chi connectivity index (χ1n) is 4.42. The largest absolute Gasteiger partial charge is 0.508 e. The Hall–Kier alpha value is -1.35. The summed E-state index contributed by atoms with van der Waals surface area (Å²) in [5, 5.41) is 12.6. The second-order valence-electron chi connectivity index (χ2n) is 3.23. The third-order valence-corrected chi connectivity index (χ3v) is 2.84. The summed E-state index contributed by atoms with van der Waals surface area (Å²) in [7, 11) is 0. The molecule has 72 valence electrons.